The molecule has 2 aromatic heterocycles. The lowest BCUT2D eigenvalue weighted by Crippen LogP contribution is -2.33. The SMILES string of the molecule is CC(=O)NCc1ccc(-c2csc(NC(=O)CC3c4ccccc4C=CN3C(C)=O)n2)s1. The van der Waals surface area contributed by atoms with Gasteiger partial charge in [-0.25, -0.2) is 4.98 Å². The summed E-state index contributed by atoms with van der Waals surface area (Å²) < 4.78 is 0. The number of nitrogens with one attached hydrogen (secondary N) is 2. The fraction of sp³-hybridized carbons (Fsp3) is 0.217. The highest BCUT2D eigenvalue weighted by molar-refractivity contribution is 7.17. The number of thiazole rings is 1. The van der Waals surface area contributed by atoms with Gasteiger partial charge in [-0.1, -0.05) is 24.3 Å². The molecule has 3 amide bonds. The molecular formula is C23H22N4O3S2. The first kappa shape index (κ1) is 21.9. The molecule has 0 saturated heterocycles. The third-order valence-electron chi connectivity index (χ3n) is 5.02. The molecule has 0 radical (unpaired) electrons. The van der Waals surface area contributed by atoms with E-state index >= 15 is 0 Å². The van der Waals surface area contributed by atoms with Crippen LogP contribution in [0, 0.1) is 0 Å². The van der Waals surface area contributed by atoms with Crippen LogP contribution in [-0.4, -0.2) is 27.6 Å². The zero-order valence-electron chi connectivity index (χ0n) is 17.6. The number of hydrogen-bond acceptors (Lipinski definition) is 6. The maximum absolute atomic E-state index is 12.8. The number of benzene rings is 1. The molecule has 0 spiro atoms. The minimum atomic E-state index is -0.359. The van der Waals surface area contributed by atoms with Crippen molar-refractivity contribution in [3.05, 3.63) is 64.0 Å². The Bertz CT molecular complexity index is 1200. The molecule has 1 aliphatic rings. The summed E-state index contributed by atoms with van der Waals surface area (Å²) in [5, 5.41) is 8.05. The topological polar surface area (TPSA) is 91.4 Å². The average Bonchev–Trinajstić information content (AvgIpc) is 3.41. The van der Waals surface area contributed by atoms with E-state index in [1.807, 2.05) is 47.9 Å². The maximum atomic E-state index is 12.8. The van der Waals surface area contributed by atoms with Gasteiger partial charge in [0, 0.05) is 30.3 Å². The van der Waals surface area contributed by atoms with Crippen LogP contribution in [0.25, 0.3) is 16.6 Å². The molecule has 32 heavy (non-hydrogen) atoms. The third kappa shape index (κ3) is 4.95. The van der Waals surface area contributed by atoms with Crippen LogP contribution in [0.3, 0.4) is 0 Å². The first-order valence-electron chi connectivity index (χ1n) is 10.1. The van der Waals surface area contributed by atoms with Gasteiger partial charge in [0.25, 0.3) is 0 Å². The van der Waals surface area contributed by atoms with Crippen molar-refractivity contribution in [3.8, 4) is 10.6 Å². The number of amides is 3. The lowest BCUT2D eigenvalue weighted by atomic mass is 9.93. The third-order valence-corrected chi connectivity index (χ3v) is 6.89. The van der Waals surface area contributed by atoms with Crippen molar-refractivity contribution < 1.29 is 14.4 Å². The smallest absolute Gasteiger partial charge is 0.228 e. The van der Waals surface area contributed by atoms with E-state index < -0.39 is 0 Å². The number of hydrogen-bond donors (Lipinski definition) is 2. The molecule has 0 saturated carbocycles. The van der Waals surface area contributed by atoms with Crippen LogP contribution < -0.4 is 10.6 Å². The molecule has 2 N–H and O–H groups in total. The Morgan fingerprint density at radius 2 is 1.94 bits per heavy atom. The number of thiophene rings is 1. The highest BCUT2D eigenvalue weighted by Gasteiger charge is 2.28. The number of carbonyl (C=O) groups is 3. The molecule has 3 heterocycles. The van der Waals surface area contributed by atoms with Gasteiger partial charge in [-0.15, -0.1) is 22.7 Å². The van der Waals surface area contributed by atoms with Gasteiger partial charge in [-0.3, -0.25) is 14.4 Å². The molecule has 0 fully saturated rings. The van der Waals surface area contributed by atoms with Crippen molar-refractivity contribution in [1.82, 2.24) is 15.2 Å². The number of rotatable bonds is 6. The zero-order valence-corrected chi connectivity index (χ0v) is 19.3. The summed E-state index contributed by atoms with van der Waals surface area (Å²) >= 11 is 2.90. The van der Waals surface area contributed by atoms with Crippen molar-refractivity contribution in [2.75, 3.05) is 5.32 Å². The van der Waals surface area contributed by atoms with Crippen LogP contribution in [0.1, 0.15) is 42.3 Å². The van der Waals surface area contributed by atoms with Gasteiger partial charge in [-0.2, -0.15) is 0 Å². The molecule has 0 aliphatic carbocycles. The summed E-state index contributed by atoms with van der Waals surface area (Å²) in [6, 6.07) is 11.3. The minimum Gasteiger partial charge on any atom is -0.351 e. The van der Waals surface area contributed by atoms with Crippen molar-refractivity contribution in [2.45, 2.75) is 32.9 Å². The van der Waals surface area contributed by atoms with Crippen LogP contribution in [0.2, 0.25) is 0 Å². The lowest BCUT2D eigenvalue weighted by molar-refractivity contribution is -0.129. The second-order valence-electron chi connectivity index (χ2n) is 7.35. The summed E-state index contributed by atoms with van der Waals surface area (Å²) in [5.41, 5.74) is 2.73. The molecule has 3 aromatic rings. The van der Waals surface area contributed by atoms with Gasteiger partial charge in [0.1, 0.15) is 0 Å². The van der Waals surface area contributed by atoms with Crippen LogP contribution in [0.4, 0.5) is 5.13 Å². The van der Waals surface area contributed by atoms with E-state index in [0.29, 0.717) is 11.7 Å². The second kappa shape index (κ2) is 9.46. The number of aromatic nitrogens is 1. The van der Waals surface area contributed by atoms with E-state index in [2.05, 4.69) is 15.6 Å². The fourth-order valence-corrected chi connectivity index (χ4v) is 5.24. The van der Waals surface area contributed by atoms with E-state index in [1.54, 1.807) is 22.4 Å². The number of nitrogens with zero attached hydrogens (tertiary/aromatic N) is 2. The molecule has 164 valence electrons. The normalized spacial score (nSPS) is 14.7. The molecule has 1 atom stereocenters. The predicted octanol–water partition coefficient (Wildman–Crippen LogP) is 4.41. The molecule has 4 rings (SSSR count). The summed E-state index contributed by atoms with van der Waals surface area (Å²) in [4.78, 5) is 44.1. The maximum Gasteiger partial charge on any atom is 0.228 e. The number of fused-ring (bicyclic) bond motifs is 1. The van der Waals surface area contributed by atoms with Crippen molar-refractivity contribution in [1.29, 1.82) is 0 Å². The van der Waals surface area contributed by atoms with Crippen molar-refractivity contribution in [3.63, 3.8) is 0 Å². The number of anilines is 1. The first-order chi connectivity index (χ1) is 15.4. The molecule has 9 heteroatoms. The van der Waals surface area contributed by atoms with Gasteiger partial charge in [-0.05, 0) is 29.3 Å². The van der Waals surface area contributed by atoms with Crippen molar-refractivity contribution in [2.24, 2.45) is 0 Å². The van der Waals surface area contributed by atoms with Crippen LogP contribution in [0.5, 0.6) is 0 Å². The summed E-state index contributed by atoms with van der Waals surface area (Å²) in [5.74, 6) is -0.388. The van der Waals surface area contributed by atoms with Crippen LogP contribution in [0.15, 0.2) is 48.0 Å². The molecule has 7 nitrogen and oxygen atoms in total. The largest absolute Gasteiger partial charge is 0.351 e. The summed E-state index contributed by atoms with van der Waals surface area (Å²) in [6.07, 6.45) is 3.76. The fourth-order valence-electron chi connectivity index (χ4n) is 3.53. The lowest BCUT2D eigenvalue weighted by Gasteiger charge is -2.32. The van der Waals surface area contributed by atoms with E-state index in [1.165, 1.54) is 25.2 Å². The Morgan fingerprint density at radius 3 is 2.72 bits per heavy atom. The average molecular weight is 467 g/mol. The van der Waals surface area contributed by atoms with Gasteiger partial charge in [0.2, 0.25) is 17.7 Å². The van der Waals surface area contributed by atoms with Crippen molar-refractivity contribution >= 4 is 51.6 Å². The van der Waals surface area contributed by atoms with Crippen LogP contribution in [-0.2, 0) is 20.9 Å². The molecule has 1 aromatic carbocycles. The Morgan fingerprint density at radius 1 is 1.12 bits per heavy atom. The Hall–Kier alpha value is -3.30. The highest BCUT2D eigenvalue weighted by atomic mass is 32.1. The molecule has 0 bridgehead atoms. The summed E-state index contributed by atoms with van der Waals surface area (Å²) in [7, 11) is 0. The molecule has 1 unspecified atom stereocenters. The quantitative estimate of drug-likeness (QED) is 0.563. The Kier molecular flexibility index (Phi) is 6.48. The summed E-state index contributed by atoms with van der Waals surface area (Å²) in [6.45, 7) is 3.47. The molecular weight excluding hydrogens is 444 g/mol. The number of carbonyl (C=O) groups excluding carboxylic acids is 3. The van der Waals surface area contributed by atoms with Gasteiger partial charge >= 0.3 is 0 Å². The van der Waals surface area contributed by atoms with E-state index in [0.717, 1.165) is 26.6 Å². The Labute approximate surface area is 193 Å². The standard InChI is InChI=1S/C23H22N4O3S2/c1-14(28)24-12-17-7-8-21(32-17)19-13-31-23(25-19)26-22(30)11-20-18-6-4-3-5-16(18)9-10-27(20)15(2)29/h3-10,13,20H,11-12H2,1-2H3,(H,24,28)(H,25,26,30). The van der Waals surface area contributed by atoms with Gasteiger partial charge < -0.3 is 15.5 Å². The minimum absolute atomic E-state index is 0.0713. The Balaban J connectivity index is 1.44. The van der Waals surface area contributed by atoms with E-state index in [9.17, 15) is 14.4 Å². The van der Waals surface area contributed by atoms with Gasteiger partial charge in [0.15, 0.2) is 5.13 Å². The van der Waals surface area contributed by atoms with Gasteiger partial charge in [0.05, 0.1) is 29.6 Å². The molecule has 1 aliphatic heterocycles. The predicted molar refractivity (Wildman–Crippen MR) is 127 cm³/mol. The van der Waals surface area contributed by atoms with Crippen LogP contribution >= 0.6 is 22.7 Å². The van der Waals surface area contributed by atoms with E-state index in [4.69, 9.17) is 0 Å². The zero-order chi connectivity index (χ0) is 22.7. The monoisotopic (exact) mass is 466 g/mol. The first-order valence-corrected chi connectivity index (χ1v) is 11.8. The highest BCUT2D eigenvalue weighted by Crippen LogP contribution is 2.34. The van der Waals surface area contributed by atoms with E-state index in [-0.39, 0.29) is 30.2 Å². The second-order valence-corrected chi connectivity index (χ2v) is 9.38.